The van der Waals surface area contributed by atoms with Gasteiger partial charge in [0.05, 0.1) is 13.0 Å². The molecule has 0 aliphatic heterocycles. The van der Waals surface area contributed by atoms with E-state index in [1.165, 1.54) is 0 Å². The lowest BCUT2D eigenvalue weighted by atomic mass is 10.1. The van der Waals surface area contributed by atoms with Crippen molar-refractivity contribution in [2.45, 2.75) is 46.6 Å². The van der Waals surface area contributed by atoms with Crippen LogP contribution < -0.4 is 10.5 Å². The fraction of sp³-hybridized carbons (Fsp3) is 0.632. The lowest BCUT2D eigenvalue weighted by Gasteiger charge is -2.23. The molecule has 1 aromatic carbocycles. The number of rotatable bonds is 8. The Morgan fingerprint density at radius 3 is 2.62 bits per heavy atom. The van der Waals surface area contributed by atoms with E-state index in [1.807, 2.05) is 52.9 Å². The van der Waals surface area contributed by atoms with Gasteiger partial charge in [-0.2, -0.15) is 0 Å². The molecule has 5 nitrogen and oxygen atoms in total. The van der Waals surface area contributed by atoms with E-state index in [2.05, 4.69) is 11.8 Å². The van der Waals surface area contributed by atoms with E-state index in [9.17, 15) is 4.79 Å². The molecule has 0 aromatic heterocycles. The summed E-state index contributed by atoms with van der Waals surface area (Å²) in [7, 11) is 2.01. The molecule has 136 valence electrons. The fourth-order valence-electron chi connectivity index (χ4n) is 2.35. The second kappa shape index (κ2) is 8.92. The summed E-state index contributed by atoms with van der Waals surface area (Å²) in [4.78, 5) is 13.9. The van der Waals surface area contributed by atoms with Gasteiger partial charge in [0.15, 0.2) is 0 Å². The van der Waals surface area contributed by atoms with E-state index in [0.717, 1.165) is 17.9 Å². The average molecular weight is 336 g/mol. The van der Waals surface area contributed by atoms with Crippen LogP contribution in [0.25, 0.3) is 0 Å². The zero-order valence-electron chi connectivity index (χ0n) is 15.9. The number of benzene rings is 1. The molecule has 1 unspecified atom stereocenters. The molecular formula is C19H32N2O3. The second-order valence-electron chi connectivity index (χ2n) is 7.54. The molecule has 0 heterocycles. The van der Waals surface area contributed by atoms with Gasteiger partial charge in [-0.1, -0.05) is 13.0 Å². The van der Waals surface area contributed by atoms with Gasteiger partial charge in [-0.05, 0) is 46.4 Å². The zero-order chi connectivity index (χ0) is 18.3. The smallest absolute Gasteiger partial charge is 0.307 e. The summed E-state index contributed by atoms with van der Waals surface area (Å²) >= 11 is 0. The first-order chi connectivity index (χ1) is 11.1. The fourth-order valence-corrected chi connectivity index (χ4v) is 2.35. The van der Waals surface area contributed by atoms with Gasteiger partial charge in [0.25, 0.3) is 0 Å². The lowest BCUT2D eigenvalue weighted by molar-refractivity contribution is -0.155. The minimum absolute atomic E-state index is 0.159. The van der Waals surface area contributed by atoms with Crippen LogP contribution >= 0.6 is 0 Å². The topological polar surface area (TPSA) is 64.8 Å². The van der Waals surface area contributed by atoms with Crippen LogP contribution in [0, 0.1) is 12.8 Å². The van der Waals surface area contributed by atoms with Gasteiger partial charge in [-0.3, -0.25) is 4.79 Å². The summed E-state index contributed by atoms with van der Waals surface area (Å²) in [6, 6.07) is 5.69. The molecule has 5 heteroatoms. The Hall–Kier alpha value is -1.75. The van der Waals surface area contributed by atoms with Crippen LogP contribution in [0.15, 0.2) is 18.2 Å². The first kappa shape index (κ1) is 20.3. The molecular weight excluding hydrogens is 304 g/mol. The van der Waals surface area contributed by atoms with Crippen LogP contribution in [-0.2, 0) is 9.53 Å². The Morgan fingerprint density at radius 2 is 2.00 bits per heavy atom. The molecule has 1 atom stereocenters. The van der Waals surface area contributed by atoms with Crippen molar-refractivity contribution in [1.82, 2.24) is 4.90 Å². The largest absolute Gasteiger partial charge is 0.493 e. The van der Waals surface area contributed by atoms with E-state index in [-0.39, 0.29) is 5.97 Å². The highest BCUT2D eigenvalue weighted by atomic mass is 16.6. The standard InChI is InChI=1S/C19H32N2O3/c1-14(13-23-17-11-16(20)8-7-15(17)2)12-21(6)10-9-18(22)24-19(3,4)5/h7-8,11,14H,9-10,12-13,20H2,1-6H3. The molecule has 0 radical (unpaired) electrons. The van der Waals surface area contributed by atoms with E-state index < -0.39 is 5.60 Å². The van der Waals surface area contributed by atoms with Crippen molar-refractivity contribution >= 4 is 11.7 Å². The Bertz CT molecular complexity index is 538. The normalized spacial score (nSPS) is 13.0. The average Bonchev–Trinajstić information content (AvgIpc) is 2.44. The summed E-state index contributed by atoms with van der Waals surface area (Å²) < 4.78 is 11.2. The Morgan fingerprint density at radius 1 is 1.33 bits per heavy atom. The maximum absolute atomic E-state index is 11.7. The molecule has 0 aliphatic rings. The third-order valence-electron chi connectivity index (χ3n) is 3.48. The predicted octanol–water partition coefficient (Wildman–Crippen LogP) is 3.26. The second-order valence-corrected chi connectivity index (χ2v) is 7.54. The minimum atomic E-state index is -0.424. The summed E-state index contributed by atoms with van der Waals surface area (Å²) in [6.45, 7) is 11.9. The number of nitrogens with two attached hydrogens (primary N) is 1. The van der Waals surface area contributed by atoms with Crippen LogP contribution in [0.3, 0.4) is 0 Å². The van der Waals surface area contributed by atoms with Crippen LogP contribution in [0.4, 0.5) is 5.69 Å². The third-order valence-corrected chi connectivity index (χ3v) is 3.48. The minimum Gasteiger partial charge on any atom is -0.493 e. The van der Waals surface area contributed by atoms with Crippen LogP contribution in [0.5, 0.6) is 5.75 Å². The summed E-state index contributed by atoms with van der Waals surface area (Å²) in [5.41, 5.74) is 7.15. The van der Waals surface area contributed by atoms with Crippen molar-refractivity contribution in [3.8, 4) is 5.75 Å². The maximum Gasteiger partial charge on any atom is 0.307 e. The van der Waals surface area contributed by atoms with E-state index in [4.69, 9.17) is 15.2 Å². The van der Waals surface area contributed by atoms with Gasteiger partial charge in [-0.25, -0.2) is 0 Å². The highest BCUT2D eigenvalue weighted by Gasteiger charge is 2.17. The molecule has 0 saturated heterocycles. The highest BCUT2D eigenvalue weighted by Crippen LogP contribution is 2.21. The molecule has 0 saturated carbocycles. The molecule has 1 rings (SSSR count). The molecule has 0 amide bonds. The number of aryl methyl sites for hydroxylation is 1. The SMILES string of the molecule is Cc1ccc(N)cc1OCC(C)CN(C)CCC(=O)OC(C)(C)C. The first-order valence-corrected chi connectivity index (χ1v) is 8.46. The first-order valence-electron chi connectivity index (χ1n) is 8.46. The van der Waals surface area contributed by atoms with Crippen molar-refractivity contribution in [2.24, 2.45) is 5.92 Å². The number of hydrogen-bond donors (Lipinski definition) is 1. The van der Waals surface area contributed by atoms with Gasteiger partial charge in [-0.15, -0.1) is 0 Å². The van der Waals surface area contributed by atoms with Crippen molar-refractivity contribution in [3.05, 3.63) is 23.8 Å². The quantitative estimate of drug-likeness (QED) is 0.583. The maximum atomic E-state index is 11.7. The number of nitrogen functional groups attached to an aromatic ring is 1. The van der Waals surface area contributed by atoms with Gasteiger partial charge in [0.1, 0.15) is 11.4 Å². The van der Waals surface area contributed by atoms with Gasteiger partial charge in [0, 0.05) is 30.8 Å². The Balaban J connectivity index is 2.32. The van der Waals surface area contributed by atoms with Gasteiger partial charge < -0.3 is 20.1 Å². The monoisotopic (exact) mass is 336 g/mol. The summed E-state index contributed by atoms with van der Waals surface area (Å²) in [5, 5.41) is 0. The lowest BCUT2D eigenvalue weighted by Crippen LogP contribution is -2.31. The number of ether oxygens (including phenoxy) is 2. The molecule has 2 N–H and O–H groups in total. The number of hydrogen-bond acceptors (Lipinski definition) is 5. The molecule has 0 aliphatic carbocycles. The van der Waals surface area contributed by atoms with Crippen molar-refractivity contribution in [2.75, 3.05) is 32.5 Å². The number of anilines is 1. The Labute approximate surface area is 146 Å². The van der Waals surface area contributed by atoms with Crippen molar-refractivity contribution < 1.29 is 14.3 Å². The predicted molar refractivity (Wildman–Crippen MR) is 98.2 cm³/mol. The molecule has 0 bridgehead atoms. The number of esters is 1. The van der Waals surface area contributed by atoms with Gasteiger partial charge >= 0.3 is 5.97 Å². The van der Waals surface area contributed by atoms with Crippen LogP contribution in [0.2, 0.25) is 0 Å². The van der Waals surface area contributed by atoms with E-state index >= 15 is 0 Å². The molecule has 0 fully saturated rings. The van der Waals surface area contributed by atoms with Crippen molar-refractivity contribution in [1.29, 1.82) is 0 Å². The van der Waals surface area contributed by atoms with Crippen LogP contribution in [-0.4, -0.2) is 43.2 Å². The van der Waals surface area contributed by atoms with Crippen LogP contribution in [0.1, 0.15) is 39.7 Å². The summed E-state index contributed by atoms with van der Waals surface area (Å²) in [6.07, 6.45) is 0.398. The molecule has 0 spiro atoms. The highest BCUT2D eigenvalue weighted by molar-refractivity contribution is 5.70. The van der Waals surface area contributed by atoms with E-state index in [1.54, 1.807) is 0 Å². The molecule has 1 aromatic rings. The van der Waals surface area contributed by atoms with Gasteiger partial charge in [0.2, 0.25) is 0 Å². The number of carbonyl (C=O) groups is 1. The molecule has 24 heavy (non-hydrogen) atoms. The number of carbonyl (C=O) groups excluding carboxylic acids is 1. The van der Waals surface area contributed by atoms with E-state index in [0.29, 0.717) is 31.2 Å². The zero-order valence-corrected chi connectivity index (χ0v) is 15.9. The summed E-state index contributed by atoms with van der Waals surface area (Å²) in [5.74, 6) is 1.02. The third kappa shape index (κ3) is 8.20. The van der Waals surface area contributed by atoms with Crippen molar-refractivity contribution in [3.63, 3.8) is 0 Å². The Kier molecular flexibility index (Phi) is 7.55. The number of nitrogens with zero attached hydrogens (tertiary/aromatic N) is 1.